The van der Waals surface area contributed by atoms with Crippen LogP contribution >= 0.6 is 0 Å². The van der Waals surface area contributed by atoms with Crippen LogP contribution in [-0.4, -0.2) is 9.78 Å². The summed E-state index contributed by atoms with van der Waals surface area (Å²) in [7, 11) is 0. The molecule has 1 atom stereocenters. The highest BCUT2D eigenvalue weighted by Gasteiger charge is 2.05. The minimum absolute atomic E-state index is 0.0539. The first-order valence-corrected chi connectivity index (χ1v) is 6.61. The van der Waals surface area contributed by atoms with Gasteiger partial charge in [0.25, 0.3) is 0 Å². The van der Waals surface area contributed by atoms with Gasteiger partial charge in [0, 0.05) is 12.6 Å². The number of hydrogen-bond donors (Lipinski definition) is 1. The molecule has 0 aliphatic heterocycles. The monoisotopic (exact) mass is 259 g/mol. The highest BCUT2D eigenvalue weighted by atomic mass is 16.5. The van der Waals surface area contributed by atoms with Crippen molar-refractivity contribution in [3.63, 3.8) is 0 Å². The van der Waals surface area contributed by atoms with Crippen molar-refractivity contribution in [2.45, 2.75) is 40.0 Å². The minimum Gasteiger partial charge on any atom is -0.487 e. The van der Waals surface area contributed by atoms with Crippen molar-refractivity contribution in [3.05, 3.63) is 47.3 Å². The van der Waals surface area contributed by atoms with Crippen LogP contribution in [0.1, 0.15) is 36.8 Å². The zero-order valence-electron chi connectivity index (χ0n) is 11.8. The van der Waals surface area contributed by atoms with Gasteiger partial charge in [0.05, 0.1) is 11.4 Å². The molecule has 0 aliphatic carbocycles. The van der Waals surface area contributed by atoms with Crippen LogP contribution in [-0.2, 0) is 13.2 Å². The Morgan fingerprint density at radius 2 is 2.00 bits per heavy atom. The summed E-state index contributed by atoms with van der Waals surface area (Å²) in [6.07, 6.45) is 0. The third kappa shape index (κ3) is 3.35. The van der Waals surface area contributed by atoms with E-state index in [0.29, 0.717) is 6.61 Å². The van der Waals surface area contributed by atoms with Crippen LogP contribution in [0.2, 0.25) is 0 Å². The Hall–Kier alpha value is -1.81. The molecule has 1 unspecified atom stereocenters. The van der Waals surface area contributed by atoms with E-state index in [1.807, 2.05) is 42.8 Å². The van der Waals surface area contributed by atoms with Gasteiger partial charge in [-0.2, -0.15) is 5.10 Å². The predicted molar refractivity (Wildman–Crippen MR) is 76.0 cm³/mol. The number of rotatable bonds is 5. The van der Waals surface area contributed by atoms with Crippen molar-refractivity contribution < 1.29 is 4.74 Å². The molecule has 19 heavy (non-hydrogen) atoms. The average molecular weight is 259 g/mol. The molecule has 0 saturated carbocycles. The van der Waals surface area contributed by atoms with E-state index in [1.165, 1.54) is 0 Å². The summed E-state index contributed by atoms with van der Waals surface area (Å²) in [4.78, 5) is 0. The van der Waals surface area contributed by atoms with Crippen LogP contribution in [0.4, 0.5) is 0 Å². The molecule has 0 spiro atoms. The van der Waals surface area contributed by atoms with E-state index in [9.17, 15) is 0 Å². The summed E-state index contributed by atoms with van der Waals surface area (Å²) < 4.78 is 7.74. The number of aromatic nitrogens is 2. The molecule has 4 nitrogen and oxygen atoms in total. The van der Waals surface area contributed by atoms with Crippen molar-refractivity contribution in [1.29, 1.82) is 0 Å². The molecule has 0 amide bonds. The number of nitrogens with zero attached hydrogens (tertiary/aromatic N) is 2. The van der Waals surface area contributed by atoms with E-state index < -0.39 is 0 Å². The summed E-state index contributed by atoms with van der Waals surface area (Å²) in [5, 5.41) is 4.40. The maximum Gasteiger partial charge on any atom is 0.130 e. The Labute approximate surface area is 114 Å². The maximum atomic E-state index is 5.82. The van der Waals surface area contributed by atoms with Crippen molar-refractivity contribution in [2.75, 3.05) is 0 Å². The van der Waals surface area contributed by atoms with Gasteiger partial charge in [-0.3, -0.25) is 4.68 Å². The Bertz CT molecular complexity index is 529. The average Bonchev–Trinajstić information content (AvgIpc) is 2.77. The highest BCUT2D eigenvalue weighted by Crippen LogP contribution is 2.17. The largest absolute Gasteiger partial charge is 0.487 e. The van der Waals surface area contributed by atoms with Gasteiger partial charge in [-0.15, -0.1) is 0 Å². The fourth-order valence-corrected chi connectivity index (χ4v) is 2.01. The second-order valence-electron chi connectivity index (χ2n) is 4.74. The lowest BCUT2D eigenvalue weighted by atomic mass is 10.1. The van der Waals surface area contributed by atoms with Crippen molar-refractivity contribution in [3.8, 4) is 5.75 Å². The molecule has 2 N–H and O–H groups in total. The summed E-state index contributed by atoms with van der Waals surface area (Å²) >= 11 is 0. The van der Waals surface area contributed by atoms with Gasteiger partial charge in [0.15, 0.2) is 0 Å². The second kappa shape index (κ2) is 5.89. The first-order chi connectivity index (χ1) is 9.10. The highest BCUT2D eigenvalue weighted by molar-refractivity contribution is 5.29. The van der Waals surface area contributed by atoms with Crippen LogP contribution in [0, 0.1) is 6.92 Å². The molecular weight excluding hydrogens is 238 g/mol. The van der Waals surface area contributed by atoms with Gasteiger partial charge in [0.2, 0.25) is 0 Å². The maximum absolute atomic E-state index is 5.82. The number of benzene rings is 1. The first-order valence-electron chi connectivity index (χ1n) is 6.61. The summed E-state index contributed by atoms with van der Waals surface area (Å²) in [5.74, 6) is 0.853. The Morgan fingerprint density at radius 3 is 2.58 bits per heavy atom. The van der Waals surface area contributed by atoms with Crippen LogP contribution in [0.25, 0.3) is 0 Å². The molecule has 0 aliphatic rings. The Balaban J connectivity index is 2.01. The lowest BCUT2D eigenvalue weighted by molar-refractivity contribution is 0.292. The Kier molecular flexibility index (Phi) is 4.22. The van der Waals surface area contributed by atoms with Gasteiger partial charge in [0.1, 0.15) is 12.4 Å². The molecule has 0 fully saturated rings. The summed E-state index contributed by atoms with van der Waals surface area (Å²) in [5.41, 5.74) is 9.04. The zero-order valence-corrected chi connectivity index (χ0v) is 11.8. The molecule has 0 saturated heterocycles. The SMILES string of the molecule is CCn1nc(C)cc1COc1ccc(C(C)N)cc1. The molecule has 1 heterocycles. The van der Waals surface area contributed by atoms with Crippen molar-refractivity contribution >= 4 is 0 Å². The molecule has 2 rings (SSSR count). The molecule has 4 heteroatoms. The molecule has 2 aromatic rings. The number of nitrogens with two attached hydrogens (primary N) is 1. The summed E-state index contributed by atoms with van der Waals surface area (Å²) in [6, 6.07) is 10.0. The molecule has 102 valence electrons. The van der Waals surface area contributed by atoms with Crippen LogP contribution < -0.4 is 10.5 Å². The third-order valence-electron chi connectivity index (χ3n) is 3.08. The van der Waals surface area contributed by atoms with E-state index >= 15 is 0 Å². The molecule has 1 aromatic heterocycles. The van der Waals surface area contributed by atoms with Crippen LogP contribution in [0.15, 0.2) is 30.3 Å². The third-order valence-corrected chi connectivity index (χ3v) is 3.08. The normalized spacial score (nSPS) is 12.4. The van der Waals surface area contributed by atoms with E-state index in [2.05, 4.69) is 18.1 Å². The van der Waals surface area contributed by atoms with E-state index in [1.54, 1.807) is 0 Å². The molecule has 0 bridgehead atoms. The second-order valence-corrected chi connectivity index (χ2v) is 4.74. The molecular formula is C15H21N3O. The van der Waals surface area contributed by atoms with Gasteiger partial charge in [-0.05, 0) is 44.5 Å². The molecule has 0 radical (unpaired) electrons. The van der Waals surface area contributed by atoms with Gasteiger partial charge in [-0.1, -0.05) is 12.1 Å². The van der Waals surface area contributed by atoms with E-state index in [4.69, 9.17) is 10.5 Å². The van der Waals surface area contributed by atoms with Crippen LogP contribution in [0.3, 0.4) is 0 Å². The number of ether oxygens (including phenoxy) is 1. The zero-order chi connectivity index (χ0) is 13.8. The standard InChI is InChI=1S/C15H21N3O/c1-4-18-14(9-11(2)17-18)10-19-15-7-5-13(6-8-15)12(3)16/h5-9,12H,4,10,16H2,1-3H3. The van der Waals surface area contributed by atoms with Gasteiger partial charge in [-0.25, -0.2) is 0 Å². The lowest BCUT2D eigenvalue weighted by Crippen LogP contribution is -2.07. The van der Waals surface area contributed by atoms with Crippen molar-refractivity contribution in [1.82, 2.24) is 9.78 Å². The van der Waals surface area contributed by atoms with Gasteiger partial charge >= 0.3 is 0 Å². The predicted octanol–water partition coefficient (Wildman–Crippen LogP) is 2.81. The smallest absolute Gasteiger partial charge is 0.130 e. The number of aryl methyl sites for hydroxylation is 2. The van der Waals surface area contributed by atoms with E-state index in [0.717, 1.165) is 29.2 Å². The minimum atomic E-state index is 0.0539. The van der Waals surface area contributed by atoms with Crippen molar-refractivity contribution in [2.24, 2.45) is 5.73 Å². The van der Waals surface area contributed by atoms with Gasteiger partial charge < -0.3 is 10.5 Å². The fourth-order valence-electron chi connectivity index (χ4n) is 2.01. The number of hydrogen-bond acceptors (Lipinski definition) is 3. The van der Waals surface area contributed by atoms with E-state index in [-0.39, 0.29) is 6.04 Å². The molecule has 1 aromatic carbocycles. The van der Waals surface area contributed by atoms with Crippen LogP contribution in [0.5, 0.6) is 5.75 Å². The fraction of sp³-hybridized carbons (Fsp3) is 0.400. The first kappa shape index (κ1) is 13.6. The topological polar surface area (TPSA) is 53.1 Å². The summed E-state index contributed by atoms with van der Waals surface area (Å²) in [6.45, 7) is 7.43. The lowest BCUT2D eigenvalue weighted by Gasteiger charge is -2.09. The quantitative estimate of drug-likeness (QED) is 0.898. The Morgan fingerprint density at radius 1 is 1.32 bits per heavy atom.